The van der Waals surface area contributed by atoms with Crippen molar-refractivity contribution in [2.45, 2.75) is 13.8 Å². The van der Waals surface area contributed by atoms with Crippen LogP contribution in [0.4, 0.5) is 10.8 Å². The number of hydrazone groups is 1. The minimum absolute atomic E-state index is 0.215. The Hall–Kier alpha value is -5.02. The van der Waals surface area contributed by atoms with Crippen LogP contribution in [0, 0.1) is 13.8 Å². The number of aryl methyl sites for hydroxylation is 1. The van der Waals surface area contributed by atoms with Gasteiger partial charge in [0.2, 0.25) is 0 Å². The second-order valence-corrected chi connectivity index (χ2v) is 9.68. The number of carbonyl (C=O) groups is 2. The zero-order valence-electron chi connectivity index (χ0n) is 21.3. The number of carboxylic acid groups (broad SMARTS) is 1. The lowest BCUT2D eigenvalue weighted by Gasteiger charge is -2.10. The summed E-state index contributed by atoms with van der Waals surface area (Å²) >= 11 is 1.51. The van der Waals surface area contributed by atoms with Gasteiger partial charge in [-0.3, -0.25) is 4.79 Å². The molecule has 3 N–H and O–H groups in total. The lowest BCUT2D eigenvalue weighted by molar-refractivity contribution is 0.0696. The van der Waals surface area contributed by atoms with Gasteiger partial charge in [0.05, 0.1) is 17.5 Å². The first-order chi connectivity index (χ1) is 18.9. The molecule has 0 aliphatic carbocycles. The van der Waals surface area contributed by atoms with E-state index in [4.69, 9.17) is 0 Å². The largest absolute Gasteiger partial charge is 0.478 e. The van der Waals surface area contributed by atoms with E-state index in [0.717, 1.165) is 44.7 Å². The fourth-order valence-corrected chi connectivity index (χ4v) is 4.96. The van der Waals surface area contributed by atoms with Gasteiger partial charge in [-0.1, -0.05) is 36.4 Å². The number of carbonyl (C=O) groups excluding carboxylic acids is 1. The van der Waals surface area contributed by atoms with E-state index >= 15 is 0 Å². The van der Waals surface area contributed by atoms with Crippen molar-refractivity contribution in [2.75, 3.05) is 5.32 Å². The van der Waals surface area contributed by atoms with Crippen molar-refractivity contribution in [3.05, 3.63) is 118 Å². The Morgan fingerprint density at radius 3 is 2.46 bits per heavy atom. The molecule has 9 heteroatoms. The Bertz CT molecular complexity index is 1670. The van der Waals surface area contributed by atoms with Crippen LogP contribution >= 0.6 is 11.3 Å². The van der Waals surface area contributed by atoms with Crippen LogP contribution in [-0.2, 0) is 0 Å². The topological polar surface area (TPSA) is 109 Å². The van der Waals surface area contributed by atoms with E-state index in [9.17, 15) is 14.7 Å². The average molecular weight is 536 g/mol. The van der Waals surface area contributed by atoms with Crippen LogP contribution in [0.5, 0.6) is 0 Å². The van der Waals surface area contributed by atoms with E-state index in [2.05, 4.69) is 20.8 Å². The molecule has 1 amide bonds. The zero-order chi connectivity index (χ0) is 27.4. The first kappa shape index (κ1) is 25.6. The van der Waals surface area contributed by atoms with Crippen molar-refractivity contribution in [2.24, 2.45) is 5.10 Å². The second-order valence-electron chi connectivity index (χ2n) is 8.82. The molecular formula is C30H25N5O3S. The standard InChI is InChI=1S/C30H25N5O3S/c1-19-15-24(20(2)35(19)26-10-6-9-23(16-26)29(37)38)17-31-34-28(36)22-11-13-25(14-12-22)32-30-33-27(18-39-30)21-7-4-3-5-8-21/h3-18H,1-2H3,(H,32,33)(H,34,36)(H,37,38)/b31-17+. The molecule has 0 saturated carbocycles. The van der Waals surface area contributed by atoms with Crippen LogP contribution in [0.2, 0.25) is 0 Å². The number of rotatable bonds is 8. The molecule has 8 nitrogen and oxygen atoms in total. The average Bonchev–Trinajstić information content (AvgIpc) is 3.53. The monoisotopic (exact) mass is 535 g/mol. The summed E-state index contributed by atoms with van der Waals surface area (Å²) in [5, 5.41) is 19.5. The molecule has 0 unspecified atom stereocenters. The maximum absolute atomic E-state index is 12.6. The van der Waals surface area contributed by atoms with Gasteiger partial charge in [-0.25, -0.2) is 15.2 Å². The molecule has 0 saturated heterocycles. The molecule has 39 heavy (non-hydrogen) atoms. The first-order valence-corrected chi connectivity index (χ1v) is 13.0. The number of thiazole rings is 1. The van der Waals surface area contributed by atoms with Crippen LogP contribution in [0.3, 0.4) is 0 Å². The van der Waals surface area contributed by atoms with Crippen molar-refractivity contribution in [1.82, 2.24) is 15.0 Å². The molecule has 0 bridgehead atoms. The summed E-state index contributed by atoms with van der Waals surface area (Å²) in [5.74, 6) is -1.31. The summed E-state index contributed by atoms with van der Waals surface area (Å²) in [4.78, 5) is 28.6. The number of nitrogens with one attached hydrogen (secondary N) is 2. The number of hydrogen-bond donors (Lipinski definition) is 3. The summed E-state index contributed by atoms with van der Waals surface area (Å²) in [5.41, 5.74) is 9.40. The Morgan fingerprint density at radius 2 is 1.72 bits per heavy atom. The summed E-state index contributed by atoms with van der Waals surface area (Å²) < 4.78 is 1.95. The van der Waals surface area contributed by atoms with Crippen molar-refractivity contribution >= 4 is 40.2 Å². The predicted octanol–water partition coefficient (Wildman–Crippen LogP) is 6.42. The highest BCUT2D eigenvalue weighted by molar-refractivity contribution is 7.14. The molecule has 0 radical (unpaired) electrons. The van der Waals surface area contributed by atoms with Gasteiger partial charge in [-0.05, 0) is 62.4 Å². The van der Waals surface area contributed by atoms with Gasteiger partial charge < -0.3 is 15.0 Å². The third-order valence-electron chi connectivity index (χ3n) is 6.16. The predicted molar refractivity (Wildman–Crippen MR) is 155 cm³/mol. The summed E-state index contributed by atoms with van der Waals surface area (Å²) in [6.45, 7) is 3.85. The Kier molecular flexibility index (Phi) is 7.33. The molecule has 0 fully saturated rings. The molecular weight excluding hydrogens is 510 g/mol. The van der Waals surface area contributed by atoms with Gasteiger partial charge in [0.25, 0.3) is 5.91 Å². The number of benzene rings is 3. The highest BCUT2D eigenvalue weighted by atomic mass is 32.1. The van der Waals surface area contributed by atoms with E-state index in [1.54, 1.807) is 36.5 Å². The number of aromatic nitrogens is 2. The highest BCUT2D eigenvalue weighted by Gasteiger charge is 2.12. The molecule has 0 spiro atoms. The number of hydrogen-bond acceptors (Lipinski definition) is 6. The van der Waals surface area contributed by atoms with E-state index in [-0.39, 0.29) is 11.5 Å². The maximum atomic E-state index is 12.6. The van der Waals surface area contributed by atoms with Crippen molar-refractivity contribution in [3.63, 3.8) is 0 Å². The molecule has 2 heterocycles. The van der Waals surface area contributed by atoms with Crippen LogP contribution in [0.15, 0.2) is 95.4 Å². The minimum atomic E-state index is -0.979. The smallest absolute Gasteiger partial charge is 0.335 e. The molecule has 2 aromatic heterocycles. The van der Waals surface area contributed by atoms with Crippen LogP contribution in [0.1, 0.15) is 37.7 Å². The molecule has 5 rings (SSSR count). The van der Waals surface area contributed by atoms with Crippen molar-refractivity contribution in [3.8, 4) is 16.9 Å². The number of nitrogens with zero attached hydrogens (tertiary/aromatic N) is 3. The van der Waals surface area contributed by atoms with Gasteiger partial charge >= 0.3 is 5.97 Å². The Labute approximate surface area is 229 Å². The lowest BCUT2D eigenvalue weighted by atomic mass is 10.2. The van der Waals surface area contributed by atoms with Crippen molar-refractivity contribution in [1.29, 1.82) is 0 Å². The van der Waals surface area contributed by atoms with Crippen LogP contribution in [-0.4, -0.2) is 32.7 Å². The molecule has 0 aliphatic rings. The van der Waals surface area contributed by atoms with E-state index in [1.807, 2.05) is 78.4 Å². The molecule has 0 aliphatic heterocycles. The number of amides is 1. The van der Waals surface area contributed by atoms with E-state index in [1.165, 1.54) is 11.3 Å². The lowest BCUT2D eigenvalue weighted by Crippen LogP contribution is -2.17. The highest BCUT2D eigenvalue weighted by Crippen LogP contribution is 2.27. The van der Waals surface area contributed by atoms with Gasteiger partial charge in [-0.15, -0.1) is 11.3 Å². The number of carboxylic acids is 1. The normalized spacial score (nSPS) is 11.0. The quantitative estimate of drug-likeness (QED) is 0.157. The minimum Gasteiger partial charge on any atom is -0.478 e. The fourth-order valence-electron chi connectivity index (χ4n) is 4.22. The fraction of sp³-hybridized carbons (Fsp3) is 0.0667. The molecule has 0 atom stereocenters. The maximum Gasteiger partial charge on any atom is 0.335 e. The van der Waals surface area contributed by atoms with E-state index < -0.39 is 5.97 Å². The third-order valence-corrected chi connectivity index (χ3v) is 6.92. The number of aromatic carboxylic acids is 1. The molecule has 3 aromatic carbocycles. The SMILES string of the molecule is Cc1cc(/C=N/NC(=O)c2ccc(Nc3nc(-c4ccccc4)cs3)cc2)c(C)n1-c1cccc(C(=O)O)c1. The first-order valence-electron chi connectivity index (χ1n) is 12.1. The van der Waals surface area contributed by atoms with Crippen LogP contribution < -0.4 is 10.7 Å². The summed E-state index contributed by atoms with van der Waals surface area (Å²) in [6, 6.07) is 25.7. The summed E-state index contributed by atoms with van der Waals surface area (Å²) in [7, 11) is 0. The molecule has 194 valence electrons. The Morgan fingerprint density at radius 1 is 0.949 bits per heavy atom. The second kappa shape index (κ2) is 11.2. The van der Waals surface area contributed by atoms with Gasteiger partial charge in [-0.2, -0.15) is 5.10 Å². The number of anilines is 2. The Balaban J connectivity index is 1.22. The van der Waals surface area contributed by atoms with Crippen molar-refractivity contribution < 1.29 is 14.7 Å². The third kappa shape index (κ3) is 5.78. The van der Waals surface area contributed by atoms with Crippen LogP contribution in [0.25, 0.3) is 16.9 Å². The van der Waals surface area contributed by atoms with E-state index in [0.29, 0.717) is 5.56 Å². The van der Waals surface area contributed by atoms with Gasteiger partial charge in [0, 0.05) is 44.8 Å². The zero-order valence-corrected chi connectivity index (χ0v) is 22.1. The summed E-state index contributed by atoms with van der Waals surface area (Å²) in [6.07, 6.45) is 1.58. The molecule has 5 aromatic rings. The van der Waals surface area contributed by atoms with Gasteiger partial charge in [0.1, 0.15) is 0 Å². The van der Waals surface area contributed by atoms with Gasteiger partial charge in [0.15, 0.2) is 5.13 Å².